The summed E-state index contributed by atoms with van der Waals surface area (Å²) >= 11 is 0. The zero-order valence-corrected chi connectivity index (χ0v) is 16.4. The number of ether oxygens (including phenoxy) is 1. The number of azo groups is 1. The molecule has 31 heavy (non-hydrogen) atoms. The number of aromatic nitrogens is 2. The number of anilines is 1. The van der Waals surface area contributed by atoms with Gasteiger partial charge in [-0.25, -0.2) is 0 Å². The van der Waals surface area contributed by atoms with Crippen LogP contribution in [0.4, 0.5) is 17.2 Å². The summed E-state index contributed by atoms with van der Waals surface area (Å²) in [4.78, 5) is 23.9. The second-order valence-electron chi connectivity index (χ2n) is 6.52. The molecule has 0 radical (unpaired) electrons. The predicted molar refractivity (Wildman–Crippen MR) is 115 cm³/mol. The monoisotopic (exact) mass is 415 g/mol. The van der Waals surface area contributed by atoms with Gasteiger partial charge in [-0.15, -0.1) is 10.2 Å². The Kier molecular flexibility index (Phi) is 5.39. The molecule has 1 amide bonds. The second kappa shape index (κ2) is 8.46. The van der Waals surface area contributed by atoms with Crippen LogP contribution in [-0.4, -0.2) is 34.6 Å². The van der Waals surface area contributed by atoms with E-state index in [1.54, 1.807) is 55.6 Å². The topological polar surface area (TPSA) is 129 Å². The van der Waals surface area contributed by atoms with E-state index in [9.17, 15) is 14.7 Å². The zero-order valence-electron chi connectivity index (χ0n) is 16.4. The molecule has 9 heteroatoms. The van der Waals surface area contributed by atoms with E-state index in [1.807, 2.05) is 6.07 Å². The lowest BCUT2D eigenvalue weighted by Crippen LogP contribution is -2.12. The van der Waals surface area contributed by atoms with Gasteiger partial charge >= 0.3 is 0 Å². The Balaban J connectivity index is 1.74. The van der Waals surface area contributed by atoms with Gasteiger partial charge in [-0.3, -0.25) is 14.7 Å². The van der Waals surface area contributed by atoms with Crippen molar-refractivity contribution in [3.63, 3.8) is 0 Å². The number of aldehydes is 1. The number of methoxy groups -OCH3 is 1. The van der Waals surface area contributed by atoms with Crippen molar-refractivity contribution in [1.29, 1.82) is 0 Å². The van der Waals surface area contributed by atoms with Crippen LogP contribution in [0.25, 0.3) is 10.8 Å². The first-order valence-electron chi connectivity index (χ1n) is 9.21. The molecule has 0 atom stereocenters. The van der Waals surface area contributed by atoms with Crippen molar-refractivity contribution < 1.29 is 19.4 Å². The number of nitrogens with zero attached hydrogens (tertiary/aromatic N) is 3. The number of carbonyl (C=O) groups excluding carboxylic acids is 2. The van der Waals surface area contributed by atoms with Gasteiger partial charge in [0.15, 0.2) is 17.9 Å². The molecule has 0 aliphatic rings. The average molecular weight is 415 g/mol. The SMILES string of the molecule is COc1ccc(NC(=O)c2cc3ccccc3c(/N=N/c3[nH]ncc3C=O)c2O)cc1. The van der Waals surface area contributed by atoms with Crippen molar-refractivity contribution in [2.45, 2.75) is 0 Å². The summed E-state index contributed by atoms with van der Waals surface area (Å²) in [6, 6.07) is 15.5. The molecule has 0 saturated carbocycles. The molecule has 3 aromatic carbocycles. The van der Waals surface area contributed by atoms with Crippen LogP contribution in [0.5, 0.6) is 11.5 Å². The summed E-state index contributed by atoms with van der Waals surface area (Å²) in [6.07, 6.45) is 1.91. The van der Waals surface area contributed by atoms with Crippen molar-refractivity contribution in [3.05, 3.63) is 71.9 Å². The number of rotatable bonds is 6. The molecule has 0 saturated heterocycles. The molecule has 4 rings (SSSR count). The lowest BCUT2D eigenvalue weighted by molar-refractivity contribution is 0.102. The number of phenolic OH excluding ortho intramolecular Hbond substituents is 1. The highest BCUT2D eigenvalue weighted by atomic mass is 16.5. The van der Waals surface area contributed by atoms with Gasteiger partial charge < -0.3 is 15.2 Å². The maximum Gasteiger partial charge on any atom is 0.259 e. The summed E-state index contributed by atoms with van der Waals surface area (Å²) in [6.45, 7) is 0. The molecule has 0 unspecified atom stereocenters. The number of fused-ring (bicyclic) bond motifs is 1. The number of aromatic amines is 1. The van der Waals surface area contributed by atoms with Gasteiger partial charge in [0.05, 0.1) is 24.4 Å². The highest BCUT2D eigenvalue weighted by molar-refractivity contribution is 6.11. The van der Waals surface area contributed by atoms with E-state index in [1.165, 1.54) is 6.20 Å². The van der Waals surface area contributed by atoms with Gasteiger partial charge in [0.25, 0.3) is 5.91 Å². The predicted octanol–water partition coefficient (Wildman–Crippen LogP) is 4.76. The van der Waals surface area contributed by atoms with Crippen molar-refractivity contribution >= 4 is 40.2 Å². The van der Waals surface area contributed by atoms with Crippen LogP contribution < -0.4 is 10.1 Å². The molecule has 9 nitrogen and oxygen atoms in total. The molecule has 0 aliphatic heterocycles. The number of nitrogens with one attached hydrogen (secondary N) is 2. The highest BCUT2D eigenvalue weighted by Crippen LogP contribution is 2.39. The van der Waals surface area contributed by atoms with Crippen LogP contribution in [0.3, 0.4) is 0 Å². The Labute approximate surface area is 176 Å². The molecule has 0 bridgehead atoms. The number of aromatic hydroxyl groups is 1. The Bertz CT molecular complexity index is 1300. The van der Waals surface area contributed by atoms with E-state index in [0.29, 0.717) is 28.5 Å². The Hall–Kier alpha value is -4.53. The number of carbonyl (C=O) groups is 2. The molecular weight excluding hydrogens is 398 g/mol. The van der Waals surface area contributed by atoms with E-state index in [-0.39, 0.29) is 28.4 Å². The number of H-pyrrole nitrogens is 1. The van der Waals surface area contributed by atoms with Gasteiger partial charge in [0.2, 0.25) is 0 Å². The number of benzene rings is 3. The van der Waals surface area contributed by atoms with Crippen LogP contribution in [0.2, 0.25) is 0 Å². The smallest absolute Gasteiger partial charge is 0.259 e. The first-order chi connectivity index (χ1) is 15.1. The van der Waals surface area contributed by atoms with Gasteiger partial charge in [-0.1, -0.05) is 24.3 Å². The molecule has 1 heterocycles. The molecule has 0 fully saturated rings. The molecule has 1 aromatic heterocycles. The largest absolute Gasteiger partial charge is 0.505 e. The fraction of sp³-hybridized carbons (Fsp3) is 0.0455. The molecule has 4 aromatic rings. The summed E-state index contributed by atoms with van der Waals surface area (Å²) < 4.78 is 5.11. The number of hydrogen-bond acceptors (Lipinski definition) is 7. The minimum absolute atomic E-state index is 0.0312. The van der Waals surface area contributed by atoms with Crippen molar-refractivity contribution in [1.82, 2.24) is 10.2 Å². The molecule has 0 spiro atoms. The molecule has 3 N–H and O–H groups in total. The summed E-state index contributed by atoms with van der Waals surface area (Å²) in [5.74, 6) is -0.0464. The van der Waals surface area contributed by atoms with E-state index in [2.05, 4.69) is 25.7 Å². The van der Waals surface area contributed by atoms with Gasteiger partial charge in [-0.05, 0) is 35.7 Å². The quantitative estimate of drug-likeness (QED) is 0.309. The van der Waals surface area contributed by atoms with Crippen molar-refractivity contribution in [3.8, 4) is 11.5 Å². The van der Waals surface area contributed by atoms with Crippen LogP contribution in [-0.2, 0) is 0 Å². The van der Waals surface area contributed by atoms with Crippen LogP contribution in [0, 0.1) is 0 Å². The third-order valence-corrected chi connectivity index (χ3v) is 4.61. The summed E-state index contributed by atoms with van der Waals surface area (Å²) in [5.41, 5.74) is 0.892. The fourth-order valence-electron chi connectivity index (χ4n) is 3.02. The number of phenols is 1. The Morgan fingerprint density at radius 1 is 1.16 bits per heavy atom. The lowest BCUT2D eigenvalue weighted by atomic mass is 10.0. The number of amides is 1. The van der Waals surface area contributed by atoms with E-state index >= 15 is 0 Å². The maximum atomic E-state index is 12.9. The second-order valence-corrected chi connectivity index (χ2v) is 6.52. The van der Waals surface area contributed by atoms with Crippen LogP contribution in [0.15, 0.2) is 71.0 Å². The fourth-order valence-corrected chi connectivity index (χ4v) is 3.02. The summed E-state index contributed by atoms with van der Waals surface area (Å²) in [7, 11) is 1.55. The summed E-state index contributed by atoms with van der Waals surface area (Å²) in [5, 5.41) is 29.3. The number of hydrogen-bond donors (Lipinski definition) is 3. The normalized spacial score (nSPS) is 11.0. The minimum Gasteiger partial charge on any atom is -0.505 e. The van der Waals surface area contributed by atoms with Crippen LogP contribution in [0.1, 0.15) is 20.7 Å². The van der Waals surface area contributed by atoms with Crippen molar-refractivity contribution in [2.24, 2.45) is 10.2 Å². The van der Waals surface area contributed by atoms with Gasteiger partial charge in [0, 0.05) is 11.1 Å². The first-order valence-corrected chi connectivity index (χ1v) is 9.21. The van der Waals surface area contributed by atoms with E-state index in [4.69, 9.17) is 4.74 Å². The first kappa shape index (κ1) is 19.8. The standard InChI is InChI=1S/C22H17N5O4/c1-31-16-8-6-15(7-9-16)24-22(30)18-10-13-4-2-3-5-17(13)19(20(18)29)25-27-21-14(12-28)11-23-26-21/h2-12,29H,1H3,(H,23,26)(H,24,30)/b27-25+. The van der Waals surface area contributed by atoms with Crippen LogP contribution >= 0.6 is 0 Å². The van der Waals surface area contributed by atoms with Crippen molar-refractivity contribution in [2.75, 3.05) is 12.4 Å². The average Bonchev–Trinajstić information content (AvgIpc) is 3.26. The third-order valence-electron chi connectivity index (χ3n) is 4.61. The molecule has 154 valence electrons. The van der Waals surface area contributed by atoms with E-state index < -0.39 is 5.91 Å². The maximum absolute atomic E-state index is 12.9. The third kappa shape index (κ3) is 3.97. The highest BCUT2D eigenvalue weighted by Gasteiger charge is 2.19. The lowest BCUT2D eigenvalue weighted by Gasteiger charge is -2.11. The Morgan fingerprint density at radius 2 is 1.94 bits per heavy atom. The minimum atomic E-state index is -0.514. The Morgan fingerprint density at radius 3 is 2.68 bits per heavy atom. The zero-order chi connectivity index (χ0) is 21.8. The van der Waals surface area contributed by atoms with Gasteiger partial charge in [0.1, 0.15) is 11.4 Å². The van der Waals surface area contributed by atoms with E-state index in [0.717, 1.165) is 0 Å². The van der Waals surface area contributed by atoms with Gasteiger partial charge in [-0.2, -0.15) is 5.10 Å². The molecule has 0 aliphatic carbocycles. The molecular formula is C22H17N5O4.